The van der Waals surface area contributed by atoms with E-state index in [1.54, 1.807) is 25.1 Å². The zero-order valence-electron chi connectivity index (χ0n) is 17.7. The minimum absolute atomic E-state index is 0.331. The van der Waals surface area contributed by atoms with Gasteiger partial charge in [-0.05, 0) is 49.2 Å². The van der Waals surface area contributed by atoms with Gasteiger partial charge in [0.1, 0.15) is 6.04 Å². The number of ether oxygens (including phenoxy) is 1. The highest BCUT2D eigenvalue weighted by Crippen LogP contribution is 2.22. The quantitative estimate of drug-likeness (QED) is 0.728. The number of sulfonamides is 1. The van der Waals surface area contributed by atoms with E-state index in [0.717, 1.165) is 53.7 Å². The second kappa shape index (κ2) is 9.49. The number of rotatable bonds is 7. The molecule has 1 aliphatic rings. The maximum Gasteiger partial charge on any atom is 0.243 e. The van der Waals surface area contributed by atoms with E-state index in [1.165, 1.54) is 0 Å². The molecule has 1 amide bonds. The smallest absolute Gasteiger partial charge is 0.243 e. The van der Waals surface area contributed by atoms with Crippen LogP contribution in [0.25, 0.3) is 0 Å². The standard InChI is InChI=1S/C22H29N3O4S/c1-17-5-4-6-21(15-17)25(30(3,27)28)18(2)22(26)23-16-19-7-9-20(10-8-19)24-11-13-29-14-12-24/h4-10,15,18H,11-14,16H2,1-3H3,(H,23,26)/t18-/m0/s1. The number of carbonyl (C=O) groups is 1. The molecule has 2 aromatic rings. The summed E-state index contributed by atoms with van der Waals surface area (Å²) in [4.78, 5) is 15.0. The summed E-state index contributed by atoms with van der Waals surface area (Å²) in [5.74, 6) is -0.348. The number of carbonyl (C=O) groups excluding carboxylic acids is 1. The fourth-order valence-electron chi connectivity index (χ4n) is 3.56. The molecule has 0 aromatic heterocycles. The van der Waals surface area contributed by atoms with E-state index in [9.17, 15) is 13.2 Å². The van der Waals surface area contributed by atoms with Gasteiger partial charge >= 0.3 is 0 Å². The number of aryl methyl sites for hydroxylation is 1. The summed E-state index contributed by atoms with van der Waals surface area (Å²) in [6.45, 7) is 7.01. The molecule has 162 valence electrons. The van der Waals surface area contributed by atoms with Crippen molar-refractivity contribution in [3.05, 3.63) is 59.7 Å². The van der Waals surface area contributed by atoms with E-state index in [-0.39, 0.29) is 5.91 Å². The number of amides is 1. The van der Waals surface area contributed by atoms with Crippen LogP contribution in [0.15, 0.2) is 48.5 Å². The molecule has 1 N–H and O–H groups in total. The number of hydrogen-bond acceptors (Lipinski definition) is 5. The van der Waals surface area contributed by atoms with Crippen molar-refractivity contribution in [1.82, 2.24) is 5.32 Å². The molecule has 7 nitrogen and oxygen atoms in total. The van der Waals surface area contributed by atoms with Crippen LogP contribution in [0.1, 0.15) is 18.1 Å². The van der Waals surface area contributed by atoms with Gasteiger partial charge in [0, 0.05) is 25.3 Å². The molecule has 2 aromatic carbocycles. The first kappa shape index (κ1) is 22.1. The first-order valence-electron chi connectivity index (χ1n) is 10.0. The van der Waals surface area contributed by atoms with Crippen molar-refractivity contribution >= 4 is 27.3 Å². The van der Waals surface area contributed by atoms with Crippen molar-refractivity contribution in [2.45, 2.75) is 26.4 Å². The van der Waals surface area contributed by atoms with Crippen LogP contribution < -0.4 is 14.5 Å². The predicted octanol–water partition coefficient (Wildman–Crippen LogP) is 2.30. The van der Waals surface area contributed by atoms with E-state index in [2.05, 4.69) is 10.2 Å². The molecule has 0 bridgehead atoms. The van der Waals surface area contributed by atoms with Crippen molar-refractivity contribution in [1.29, 1.82) is 0 Å². The van der Waals surface area contributed by atoms with E-state index >= 15 is 0 Å². The SMILES string of the molecule is Cc1cccc(N([C@@H](C)C(=O)NCc2ccc(N3CCOCC3)cc2)S(C)(=O)=O)c1. The Balaban J connectivity index is 1.65. The van der Waals surface area contributed by atoms with Crippen LogP contribution in [0.5, 0.6) is 0 Å². The maximum atomic E-state index is 12.7. The largest absolute Gasteiger partial charge is 0.378 e. The molecule has 1 fully saturated rings. The van der Waals surface area contributed by atoms with E-state index in [1.807, 2.05) is 37.3 Å². The van der Waals surface area contributed by atoms with Crippen molar-refractivity contribution in [3.63, 3.8) is 0 Å². The Morgan fingerprint density at radius 2 is 1.83 bits per heavy atom. The van der Waals surface area contributed by atoms with Gasteiger partial charge in [-0.15, -0.1) is 0 Å². The van der Waals surface area contributed by atoms with E-state index in [4.69, 9.17) is 4.74 Å². The minimum Gasteiger partial charge on any atom is -0.378 e. The summed E-state index contributed by atoms with van der Waals surface area (Å²) in [7, 11) is -3.62. The average Bonchev–Trinajstić information content (AvgIpc) is 2.72. The molecule has 1 heterocycles. The molecule has 0 saturated carbocycles. The maximum absolute atomic E-state index is 12.7. The highest BCUT2D eigenvalue weighted by atomic mass is 32.2. The number of anilines is 2. The number of benzene rings is 2. The summed E-state index contributed by atoms with van der Waals surface area (Å²) in [5.41, 5.74) is 3.49. The number of nitrogens with zero attached hydrogens (tertiary/aromatic N) is 2. The minimum atomic E-state index is -3.62. The topological polar surface area (TPSA) is 79.0 Å². The summed E-state index contributed by atoms with van der Waals surface area (Å²) in [6, 6.07) is 14.3. The van der Waals surface area contributed by atoms with Gasteiger partial charge in [-0.3, -0.25) is 9.10 Å². The third-order valence-corrected chi connectivity index (χ3v) is 6.37. The predicted molar refractivity (Wildman–Crippen MR) is 119 cm³/mol. The van der Waals surface area contributed by atoms with Gasteiger partial charge in [-0.25, -0.2) is 8.42 Å². The molecule has 1 atom stereocenters. The lowest BCUT2D eigenvalue weighted by molar-refractivity contribution is -0.122. The average molecular weight is 432 g/mol. The molecule has 0 unspecified atom stereocenters. The Morgan fingerprint density at radius 3 is 2.43 bits per heavy atom. The summed E-state index contributed by atoms with van der Waals surface area (Å²) in [5, 5.41) is 2.86. The number of morpholine rings is 1. The molecular weight excluding hydrogens is 402 g/mol. The zero-order valence-corrected chi connectivity index (χ0v) is 18.5. The van der Waals surface area contributed by atoms with Gasteiger partial charge in [0.05, 0.1) is 25.2 Å². The van der Waals surface area contributed by atoms with Gasteiger partial charge in [-0.1, -0.05) is 24.3 Å². The first-order chi connectivity index (χ1) is 14.3. The van der Waals surface area contributed by atoms with Gasteiger partial charge in [0.2, 0.25) is 15.9 Å². The summed E-state index contributed by atoms with van der Waals surface area (Å²) >= 11 is 0. The van der Waals surface area contributed by atoms with Gasteiger partial charge in [0.25, 0.3) is 0 Å². The first-order valence-corrected chi connectivity index (χ1v) is 11.9. The van der Waals surface area contributed by atoms with Crippen molar-refractivity contribution in [2.75, 3.05) is 41.8 Å². The number of hydrogen-bond donors (Lipinski definition) is 1. The van der Waals surface area contributed by atoms with Crippen LogP contribution >= 0.6 is 0 Å². The normalized spacial score (nSPS) is 15.5. The van der Waals surface area contributed by atoms with Crippen molar-refractivity contribution in [2.24, 2.45) is 0 Å². The third kappa shape index (κ3) is 5.52. The molecule has 8 heteroatoms. The van der Waals surface area contributed by atoms with Crippen molar-refractivity contribution < 1.29 is 17.9 Å². The molecule has 0 radical (unpaired) electrons. The summed E-state index contributed by atoms with van der Waals surface area (Å²) in [6.07, 6.45) is 1.11. The fourth-order valence-corrected chi connectivity index (χ4v) is 4.72. The van der Waals surface area contributed by atoms with Crippen LogP contribution in [-0.2, 0) is 26.1 Å². The molecule has 0 spiro atoms. The molecule has 3 rings (SSSR count). The van der Waals surface area contributed by atoms with E-state index < -0.39 is 16.1 Å². The van der Waals surface area contributed by atoms with Gasteiger partial charge in [0.15, 0.2) is 0 Å². The van der Waals surface area contributed by atoms with Crippen molar-refractivity contribution in [3.8, 4) is 0 Å². The van der Waals surface area contributed by atoms with E-state index in [0.29, 0.717) is 12.2 Å². The Bertz CT molecular complexity index is 970. The second-order valence-corrected chi connectivity index (χ2v) is 9.42. The Kier molecular flexibility index (Phi) is 6.99. The molecule has 30 heavy (non-hydrogen) atoms. The third-order valence-electron chi connectivity index (χ3n) is 5.12. The Labute approximate surface area is 178 Å². The molecular formula is C22H29N3O4S. The highest BCUT2D eigenvalue weighted by Gasteiger charge is 2.29. The lowest BCUT2D eigenvalue weighted by atomic mass is 10.1. The van der Waals surface area contributed by atoms with Crippen LogP contribution in [-0.4, -0.2) is 52.9 Å². The monoisotopic (exact) mass is 431 g/mol. The van der Waals surface area contributed by atoms with Crippen LogP contribution in [0.4, 0.5) is 11.4 Å². The fraction of sp³-hybridized carbons (Fsp3) is 0.409. The second-order valence-electron chi connectivity index (χ2n) is 7.56. The Morgan fingerprint density at radius 1 is 1.17 bits per heavy atom. The number of nitrogens with one attached hydrogen (secondary N) is 1. The van der Waals surface area contributed by atoms with Crippen LogP contribution in [0, 0.1) is 6.92 Å². The molecule has 1 aliphatic heterocycles. The molecule has 0 aliphatic carbocycles. The Hall–Kier alpha value is -2.58. The van der Waals surface area contributed by atoms with Gasteiger partial charge in [-0.2, -0.15) is 0 Å². The summed E-state index contributed by atoms with van der Waals surface area (Å²) < 4.78 is 31.3. The molecule has 1 saturated heterocycles. The lowest BCUT2D eigenvalue weighted by Crippen LogP contribution is -2.47. The van der Waals surface area contributed by atoms with Gasteiger partial charge < -0.3 is 15.0 Å². The highest BCUT2D eigenvalue weighted by molar-refractivity contribution is 7.92. The van der Waals surface area contributed by atoms with Crippen LogP contribution in [0.3, 0.4) is 0 Å². The van der Waals surface area contributed by atoms with Crippen LogP contribution in [0.2, 0.25) is 0 Å². The zero-order chi connectivity index (χ0) is 21.7. The lowest BCUT2D eigenvalue weighted by Gasteiger charge is -2.29.